The Labute approximate surface area is 144 Å². The van der Waals surface area contributed by atoms with E-state index in [1.807, 2.05) is 19.1 Å². The van der Waals surface area contributed by atoms with Gasteiger partial charge in [0.1, 0.15) is 5.69 Å². The lowest BCUT2D eigenvalue weighted by molar-refractivity contribution is 0.0926. The van der Waals surface area contributed by atoms with Crippen molar-refractivity contribution in [3.63, 3.8) is 0 Å². The second kappa shape index (κ2) is 6.46. The van der Waals surface area contributed by atoms with Gasteiger partial charge in [-0.1, -0.05) is 0 Å². The Morgan fingerprint density at radius 3 is 2.80 bits per heavy atom. The second-order valence-corrected chi connectivity index (χ2v) is 6.29. The molecule has 0 radical (unpaired) electrons. The summed E-state index contributed by atoms with van der Waals surface area (Å²) in [4.78, 5) is 14.6. The number of amides is 1. The molecule has 4 heterocycles. The van der Waals surface area contributed by atoms with Gasteiger partial charge in [-0.2, -0.15) is 10.2 Å². The molecular formula is C17H20N6O2. The largest absolute Gasteiger partial charge is 0.463 e. The number of furan rings is 1. The van der Waals surface area contributed by atoms with E-state index in [0.717, 1.165) is 37.4 Å². The number of hydrogen-bond donors (Lipinski definition) is 3. The van der Waals surface area contributed by atoms with Crippen LogP contribution in [0.4, 0.5) is 5.82 Å². The summed E-state index contributed by atoms with van der Waals surface area (Å²) in [5, 5.41) is 17.2. The van der Waals surface area contributed by atoms with Crippen LogP contribution in [0.2, 0.25) is 0 Å². The smallest absolute Gasteiger partial charge is 0.272 e. The molecule has 1 aliphatic rings. The minimum absolute atomic E-state index is 0.146. The molecule has 1 amide bonds. The average molecular weight is 340 g/mol. The van der Waals surface area contributed by atoms with E-state index in [9.17, 15) is 4.79 Å². The highest BCUT2D eigenvalue weighted by atomic mass is 16.3. The molecule has 3 aromatic rings. The second-order valence-electron chi connectivity index (χ2n) is 6.29. The van der Waals surface area contributed by atoms with Gasteiger partial charge in [0.25, 0.3) is 5.91 Å². The lowest BCUT2D eigenvalue weighted by atomic mass is 10.0. The Balaban J connectivity index is 1.33. The topological polar surface area (TPSA) is 103 Å². The number of carbonyl (C=O) groups excluding carboxylic acids is 1. The van der Waals surface area contributed by atoms with Gasteiger partial charge in [-0.05, 0) is 31.9 Å². The first-order valence-corrected chi connectivity index (χ1v) is 8.36. The molecule has 0 aliphatic carbocycles. The van der Waals surface area contributed by atoms with Crippen molar-refractivity contribution in [3.8, 4) is 11.5 Å². The molecule has 130 valence electrons. The van der Waals surface area contributed by atoms with Crippen LogP contribution in [-0.4, -0.2) is 45.4 Å². The van der Waals surface area contributed by atoms with Crippen LogP contribution in [0.1, 0.15) is 29.0 Å². The van der Waals surface area contributed by atoms with Gasteiger partial charge >= 0.3 is 0 Å². The van der Waals surface area contributed by atoms with Gasteiger partial charge in [-0.25, -0.2) is 0 Å². The molecule has 3 aromatic heterocycles. The summed E-state index contributed by atoms with van der Waals surface area (Å²) in [6.45, 7) is 3.73. The van der Waals surface area contributed by atoms with Crippen molar-refractivity contribution in [2.45, 2.75) is 25.8 Å². The number of rotatable bonds is 4. The van der Waals surface area contributed by atoms with Gasteiger partial charge in [-0.15, -0.1) is 0 Å². The Morgan fingerprint density at radius 2 is 2.12 bits per heavy atom. The number of piperidine rings is 1. The van der Waals surface area contributed by atoms with Gasteiger partial charge in [0.15, 0.2) is 17.3 Å². The van der Waals surface area contributed by atoms with Crippen molar-refractivity contribution >= 4 is 11.7 Å². The maximum atomic E-state index is 12.4. The number of H-pyrrole nitrogens is 2. The summed E-state index contributed by atoms with van der Waals surface area (Å²) in [5.74, 6) is 1.47. The van der Waals surface area contributed by atoms with E-state index in [0.29, 0.717) is 17.1 Å². The van der Waals surface area contributed by atoms with Gasteiger partial charge < -0.3 is 14.6 Å². The van der Waals surface area contributed by atoms with Crippen LogP contribution in [0.15, 0.2) is 34.9 Å². The average Bonchev–Trinajstić information content (AvgIpc) is 3.36. The Bertz CT molecular complexity index is 842. The molecule has 8 heteroatoms. The Kier molecular flexibility index (Phi) is 4.01. The van der Waals surface area contributed by atoms with Crippen molar-refractivity contribution in [2.75, 3.05) is 18.0 Å². The van der Waals surface area contributed by atoms with E-state index in [4.69, 9.17) is 4.42 Å². The van der Waals surface area contributed by atoms with Crippen molar-refractivity contribution in [3.05, 3.63) is 41.9 Å². The van der Waals surface area contributed by atoms with E-state index in [2.05, 4.69) is 30.6 Å². The molecule has 8 nitrogen and oxygen atoms in total. The Hall–Kier alpha value is -3.03. The van der Waals surface area contributed by atoms with Crippen LogP contribution in [-0.2, 0) is 0 Å². The van der Waals surface area contributed by atoms with E-state index in [1.54, 1.807) is 18.4 Å². The van der Waals surface area contributed by atoms with E-state index in [1.165, 1.54) is 0 Å². The molecule has 1 aliphatic heterocycles. The summed E-state index contributed by atoms with van der Waals surface area (Å²) >= 11 is 0. The minimum Gasteiger partial charge on any atom is -0.463 e. The number of aromatic nitrogens is 4. The van der Waals surface area contributed by atoms with Crippen LogP contribution >= 0.6 is 0 Å². The normalized spacial score (nSPS) is 15.5. The third kappa shape index (κ3) is 3.28. The standard InChI is InChI=1S/C17H20N6O2/c1-11-9-16(22-19-11)23-6-4-12(5-7-23)18-17(24)14-10-13(20-21-14)15-3-2-8-25-15/h2-3,8-10,12H,4-7H2,1H3,(H,18,24)(H,19,22)(H,20,21). The lowest BCUT2D eigenvalue weighted by Gasteiger charge is -2.32. The summed E-state index contributed by atoms with van der Waals surface area (Å²) in [6, 6.07) is 7.51. The summed E-state index contributed by atoms with van der Waals surface area (Å²) in [6.07, 6.45) is 3.35. The number of hydrogen-bond acceptors (Lipinski definition) is 5. The summed E-state index contributed by atoms with van der Waals surface area (Å²) in [5.41, 5.74) is 2.12. The first kappa shape index (κ1) is 15.5. The van der Waals surface area contributed by atoms with Crippen LogP contribution in [0, 0.1) is 6.92 Å². The molecule has 0 bridgehead atoms. The first-order valence-electron chi connectivity index (χ1n) is 8.36. The predicted molar refractivity (Wildman–Crippen MR) is 92.3 cm³/mol. The third-order valence-corrected chi connectivity index (χ3v) is 4.44. The molecule has 0 unspecified atom stereocenters. The van der Waals surface area contributed by atoms with Crippen LogP contribution in [0.25, 0.3) is 11.5 Å². The van der Waals surface area contributed by atoms with Gasteiger partial charge in [-0.3, -0.25) is 15.0 Å². The number of nitrogens with one attached hydrogen (secondary N) is 3. The zero-order chi connectivity index (χ0) is 17.2. The molecule has 3 N–H and O–H groups in total. The fourth-order valence-corrected chi connectivity index (χ4v) is 3.07. The maximum absolute atomic E-state index is 12.4. The Morgan fingerprint density at radius 1 is 1.28 bits per heavy atom. The van der Waals surface area contributed by atoms with Gasteiger partial charge in [0.05, 0.1) is 6.26 Å². The summed E-state index contributed by atoms with van der Waals surface area (Å²) in [7, 11) is 0. The maximum Gasteiger partial charge on any atom is 0.272 e. The van der Waals surface area contributed by atoms with Crippen LogP contribution < -0.4 is 10.2 Å². The number of nitrogens with zero attached hydrogens (tertiary/aromatic N) is 3. The molecule has 25 heavy (non-hydrogen) atoms. The predicted octanol–water partition coefficient (Wildman–Crippen LogP) is 2.10. The number of anilines is 1. The van der Waals surface area contributed by atoms with Crippen molar-refractivity contribution < 1.29 is 9.21 Å². The molecule has 0 spiro atoms. The van der Waals surface area contributed by atoms with Crippen LogP contribution in [0.5, 0.6) is 0 Å². The minimum atomic E-state index is -0.164. The van der Waals surface area contributed by atoms with Crippen LogP contribution in [0.3, 0.4) is 0 Å². The van der Waals surface area contributed by atoms with Gasteiger partial charge in [0.2, 0.25) is 0 Å². The number of aromatic amines is 2. The van der Waals surface area contributed by atoms with Gasteiger partial charge in [0, 0.05) is 37.0 Å². The zero-order valence-corrected chi connectivity index (χ0v) is 14.0. The number of aryl methyl sites for hydroxylation is 1. The molecular weight excluding hydrogens is 320 g/mol. The summed E-state index contributed by atoms with van der Waals surface area (Å²) < 4.78 is 5.30. The SMILES string of the molecule is Cc1cc(N2CCC(NC(=O)c3cc(-c4ccco4)[nH]n3)CC2)n[nH]1. The fraction of sp³-hybridized carbons (Fsp3) is 0.353. The molecule has 0 aromatic carbocycles. The molecule has 4 rings (SSSR count). The molecule has 1 fully saturated rings. The molecule has 0 saturated carbocycles. The first-order chi connectivity index (χ1) is 12.2. The number of carbonyl (C=O) groups is 1. The monoisotopic (exact) mass is 340 g/mol. The fourth-order valence-electron chi connectivity index (χ4n) is 3.07. The van der Waals surface area contributed by atoms with E-state index >= 15 is 0 Å². The van der Waals surface area contributed by atoms with E-state index < -0.39 is 0 Å². The lowest BCUT2D eigenvalue weighted by Crippen LogP contribution is -2.44. The van der Waals surface area contributed by atoms with Crippen molar-refractivity contribution in [1.82, 2.24) is 25.7 Å². The van der Waals surface area contributed by atoms with Crippen molar-refractivity contribution in [1.29, 1.82) is 0 Å². The molecule has 1 saturated heterocycles. The van der Waals surface area contributed by atoms with Crippen molar-refractivity contribution in [2.24, 2.45) is 0 Å². The molecule has 0 atom stereocenters. The highest BCUT2D eigenvalue weighted by molar-refractivity contribution is 5.93. The highest BCUT2D eigenvalue weighted by Crippen LogP contribution is 2.20. The quantitative estimate of drug-likeness (QED) is 0.675. The van der Waals surface area contributed by atoms with E-state index in [-0.39, 0.29) is 11.9 Å². The third-order valence-electron chi connectivity index (χ3n) is 4.44. The highest BCUT2D eigenvalue weighted by Gasteiger charge is 2.23. The zero-order valence-electron chi connectivity index (χ0n) is 14.0.